The number of ether oxygens (including phenoxy) is 2. The number of hydrogen-bond donors (Lipinski definition) is 0. The molecule has 0 aliphatic carbocycles. The Morgan fingerprint density at radius 1 is 1.12 bits per heavy atom. The summed E-state index contributed by atoms with van der Waals surface area (Å²) in [5.74, 6) is -0.841. The lowest BCUT2D eigenvalue weighted by molar-refractivity contribution is -0.184. The molecule has 0 spiro atoms. The van der Waals surface area contributed by atoms with Gasteiger partial charge in [-0.1, -0.05) is 30.3 Å². The predicted octanol–water partition coefficient (Wildman–Crippen LogP) is 2.20. The topological polar surface area (TPSA) is 52.6 Å². The molecule has 1 unspecified atom stereocenters. The molecule has 0 radical (unpaired) electrons. The van der Waals surface area contributed by atoms with E-state index in [-0.39, 0.29) is 6.42 Å². The third kappa shape index (κ3) is 2.46. The van der Waals surface area contributed by atoms with Crippen LogP contribution in [-0.2, 0) is 19.1 Å². The number of cyclic esters (lactones) is 2. The van der Waals surface area contributed by atoms with Crippen molar-refractivity contribution in [3.05, 3.63) is 35.9 Å². The molecule has 2 rings (SSSR count). The Bertz CT molecular complexity index is 436. The highest BCUT2D eigenvalue weighted by atomic mass is 16.7. The summed E-state index contributed by atoms with van der Waals surface area (Å²) >= 11 is 0. The molecule has 0 bridgehead atoms. The second-order valence-corrected chi connectivity index (χ2v) is 4.70. The van der Waals surface area contributed by atoms with Crippen molar-refractivity contribution in [3.63, 3.8) is 0 Å². The smallest absolute Gasteiger partial charge is 0.315 e. The van der Waals surface area contributed by atoms with Crippen LogP contribution in [0.15, 0.2) is 30.3 Å². The average Bonchev–Trinajstić information content (AvgIpc) is 2.37. The van der Waals surface area contributed by atoms with Crippen molar-refractivity contribution in [2.45, 2.75) is 26.6 Å². The van der Waals surface area contributed by atoms with Gasteiger partial charge in [0.05, 0.1) is 11.8 Å². The molecular weight excluding hydrogens is 220 g/mol. The van der Waals surface area contributed by atoms with Crippen LogP contribution in [0.5, 0.6) is 0 Å². The van der Waals surface area contributed by atoms with Crippen LogP contribution < -0.4 is 0 Å². The van der Waals surface area contributed by atoms with E-state index >= 15 is 0 Å². The molecule has 1 atom stereocenters. The summed E-state index contributed by atoms with van der Waals surface area (Å²) in [6, 6.07) is 8.95. The molecule has 17 heavy (non-hydrogen) atoms. The van der Waals surface area contributed by atoms with Crippen molar-refractivity contribution in [2.24, 2.45) is 5.41 Å². The maximum absolute atomic E-state index is 11.8. The Morgan fingerprint density at radius 2 is 1.76 bits per heavy atom. The molecule has 0 saturated carbocycles. The lowest BCUT2D eigenvalue weighted by Crippen LogP contribution is -2.26. The van der Waals surface area contributed by atoms with Gasteiger partial charge >= 0.3 is 11.9 Å². The molecule has 1 aliphatic heterocycles. The van der Waals surface area contributed by atoms with Gasteiger partial charge in [-0.2, -0.15) is 0 Å². The minimum Gasteiger partial charge on any atom is -0.421 e. The standard InChI is InChI=1S/C13H14O4/c1-13(2)8-10(14)16-11(17-12(13)15)9-6-4-3-5-7-9/h3-7,11H,8H2,1-2H3. The Kier molecular flexibility index (Phi) is 2.88. The Morgan fingerprint density at radius 3 is 2.41 bits per heavy atom. The monoisotopic (exact) mass is 234 g/mol. The fourth-order valence-electron chi connectivity index (χ4n) is 1.62. The molecule has 0 amide bonds. The lowest BCUT2D eigenvalue weighted by atomic mass is 9.90. The van der Waals surface area contributed by atoms with Gasteiger partial charge < -0.3 is 9.47 Å². The number of carbonyl (C=O) groups excluding carboxylic acids is 2. The van der Waals surface area contributed by atoms with Crippen molar-refractivity contribution in [2.75, 3.05) is 0 Å². The van der Waals surface area contributed by atoms with Crippen LogP contribution >= 0.6 is 0 Å². The van der Waals surface area contributed by atoms with Gasteiger partial charge in [-0.25, -0.2) is 0 Å². The van der Waals surface area contributed by atoms with E-state index in [9.17, 15) is 9.59 Å². The summed E-state index contributed by atoms with van der Waals surface area (Å²) in [4.78, 5) is 23.4. The highest BCUT2D eigenvalue weighted by Gasteiger charge is 2.39. The third-order valence-electron chi connectivity index (χ3n) is 2.66. The minimum atomic E-state index is -0.932. The zero-order chi connectivity index (χ0) is 12.5. The largest absolute Gasteiger partial charge is 0.421 e. The van der Waals surface area contributed by atoms with Gasteiger partial charge in [0.2, 0.25) is 0 Å². The summed E-state index contributed by atoms with van der Waals surface area (Å²) in [6.45, 7) is 3.34. The molecule has 0 aromatic heterocycles. The Hall–Kier alpha value is -1.84. The first-order valence-electron chi connectivity index (χ1n) is 5.44. The molecule has 4 heteroatoms. The number of rotatable bonds is 1. The lowest BCUT2D eigenvalue weighted by Gasteiger charge is -2.18. The molecule has 1 aromatic rings. The van der Waals surface area contributed by atoms with E-state index in [4.69, 9.17) is 9.47 Å². The highest BCUT2D eigenvalue weighted by Crippen LogP contribution is 2.32. The van der Waals surface area contributed by atoms with E-state index in [1.54, 1.807) is 38.1 Å². The van der Waals surface area contributed by atoms with Crippen LogP contribution in [0.2, 0.25) is 0 Å². The number of carbonyl (C=O) groups is 2. The third-order valence-corrected chi connectivity index (χ3v) is 2.66. The molecule has 1 aromatic carbocycles. The summed E-state index contributed by atoms with van der Waals surface area (Å²) in [7, 11) is 0. The fourth-order valence-corrected chi connectivity index (χ4v) is 1.62. The zero-order valence-electron chi connectivity index (χ0n) is 9.80. The average molecular weight is 234 g/mol. The van der Waals surface area contributed by atoms with Crippen LogP contribution in [0.4, 0.5) is 0 Å². The van der Waals surface area contributed by atoms with Gasteiger partial charge in [0.25, 0.3) is 6.29 Å². The maximum Gasteiger partial charge on any atom is 0.315 e. The molecular formula is C13H14O4. The summed E-state index contributed by atoms with van der Waals surface area (Å²) in [6.07, 6.45) is -0.896. The fraction of sp³-hybridized carbons (Fsp3) is 0.385. The summed E-state index contributed by atoms with van der Waals surface area (Å²) in [5.41, 5.74) is -0.174. The van der Waals surface area contributed by atoms with E-state index in [0.717, 1.165) is 0 Å². The van der Waals surface area contributed by atoms with Crippen LogP contribution in [-0.4, -0.2) is 11.9 Å². The first-order valence-corrected chi connectivity index (χ1v) is 5.44. The number of hydrogen-bond acceptors (Lipinski definition) is 4. The van der Waals surface area contributed by atoms with Crippen LogP contribution in [0.1, 0.15) is 32.1 Å². The predicted molar refractivity (Wildman–Crippen MR) is 59.8 cm³/mol. The van der Waals surface area contributed by atoms with Crippen LogP contribution in [0, 0.1) is 5.41 Å². The van der Waals surface area contributed by atoms with Crippen molar-refractivity contribution < 1.29 is 19.1 Å². The Labute approximate surface area is 99.5 Å². The first-order chi connectivity index (χ1) is 7.99. The van der Waals surface area contributed by atoms with Crippen molar-refractivity contribution >= 4 is 11.9 Å². The SMILES string of the molecule is CC1(C)CC(=O)OC(c2ccccc2)OC1=O. The minimum absolute atomic E-state index is 0.0369. The van der Waals surface area contributed by atoms with Crippen molar-refractivity contribution in [3.8, 4) is 0 Å². The van der Waals surface area contributed by atoms with Gasteiger partial charge in [-0.05, 0) is 13.8 Å². The summed E-state index contributed by atoms with van der Waals surface area (Å²) in [5, 5.41) is 0. The molecule has 1 heterocycles. The van der Waals surface area contributed by atoms with E-state index in [2.05, 4.69) is 0 Å². The van der Waals surface area contributed by atoms with Gasteiger partial charge in [-0.15, -0.1) is 0 Å². The van der Waals surface area contributed by atoms with E-state index in [1.807, 2.05) is 6.07 Å². The molecule has 4 nitrogen and oxygen atoms in total. The molecule has 1 fully saturated rings. The highest BCUT2D eigenvalue weighted by molar-refractivity contribution is 5.84. The van der Waals surface area contributed by atoms with Crippen molar-refractivity contribution in [1.82, 2.24) is 0 Å². The first kappa shape index (κ1) is 11.6. The zero-order valence-corrected chi connectivity index (χ0v) is 9.80. The molecule has 1 aliphatic rings. The van der Waals surface area contributed by atoms with E-state index < -0.39 is 23.6 Å². The maximum atomic E-state index is 11.8. The second-order valence-electron chi connectivity index (χ2n) is 4.70. The number of esters is 2. The number of benzene rings is 1. The van der Waals surface area contributed by atoms with Gasteiger partial charge in [0.1, 0.15) is 0 Å². The van der Waals surface area contributed by atoms with Crippen molar-refractivity contribution in [1.29, 1.82) is 0 Å². The van der Waals surface area contributed by atoms with Crippen LogP contribution in [0.25, 0.3) is 0 Å². The molecule has 1 saturated heterocycles. The van der Waals surface area contributed by atoms with E-state index in [0.29, 0.717) is 5.56 Å². The van der Waals surface area contributed by atoms with Gasteiger partial charge in [0, 0.05) is 5.56 Å². The molecule has 0 N–H and O–H groups in total. The second kappa shape index (κ2) is 4.20. The van der Waals surface area contributed by atoms with Gasteiger partial charge in [-0.3, -0.25) is 9.59 Å². The van der Waals surface area contributed by atoms with E-state index in [1.165, 1.54) is 0 Å². The van der Waals surface area contributed by atoms with Gasteiger partial charge in [0.15, 0.2) is 0 Å². The quantitative estimate of drug-likeness (QED) is 0.699. The van der Waals surface area contributed by atoms with Crippen LogP contribution in [0.3, 0.4) is 0 Å². The Balaban J connectivity index is 2.27. The summed E-state index contributed by atoms with van der Waals surface area (Å²) < 4.78 is 10.3. The normalized spacial score (nSPS) is 23.5. The molecule has 90 valence electrons.